The second kappa shape index (κ2) is 7.95. The summed E-state index contributed by atoms with van der Waals surface area (Å²) in [5.74, 6) is 0. The Hall–Kier alpha value is -2.35. The molecule has 0 amide bonds. The van der Waals surface area contributed by atoms with Gasteiger partial charge in [0.05, 0.1) is 27.5 Å². The number of nitrogens with zero attached hydrogens (tertiary/aromatic N) is 3. The zero-order chi connectivity index (χ0) is 20.5. The number of sulfonamides is 1. The van der Waals surface area contributed by atoms with E-state index in [2.05, 4.69) is 5.10 Å². The van der Waals surface area contributed by atoms with Gasteiger partial charge < -0.3 is 0 Å². The molecule has 28 heavy (non-hydrogen) atoms. The maximum Gasteiger partial charge on any atom is 0.291 e. The highest BCUT2D eigenvalue weighted by molar-refractivity contribution is 7.92. The molecule has 0 saturated heterocycles. The van der Waals surface area contributed by atoms with Crippen LogP contribution in [0.4, 0.5) is 5.69 Å². The smallest absolute Gasteiger partial charge is 0.266 e. The van der Waals surface area contributed by atoms with Crippen molar-refractivity contribution in [3.05, 3.63) is 81.2 Å². The van der Waals surface area contributed by atoms with Crippen LogP contribution in [0, 0.1) is 0 Å². The van der Waals surface area contributed by atoms with Crippen LogP contribution in [-0.4, -0.2) is 24.2 Å². The average Bonchev–Trinajstić information content (AvgIpc) is 2.67. The molecular weight excluding hydrogens is 421 g/mol. The molecular formula is C19H17Cl2N3O3S. The Bertz CT molecular complexity index is 1150. The van der Waals surface area contributed by atoms with Gasteiger partial charge in [-0.15, -0.1) is 0 Å². The first-order valence-corrected chi connectivity index (χ1v) is 10.6. The number of anilines is 1. The summed E-state index contributed by atoms with van der Waals surface area (Å²) < 4.78 is 28.8. The van der Waals surface area contributed by atoms with Gasteiger partial charge in [0.25, 0.3) is 15.6 Å². The summed E-state index contributed by atoms with van der Waals surface area (Å²) in [6.45, 7) is 3.61. The Labute approximate surface area is 173 Å². The van der Waals surface area contributed by atoms with Gasteiger partial charge in [-0.2, -0.15) is 9.78 Å². The fourth-order valence-corrected chi connectivity index (χ4v) is 4.67. The molecule has 1 aromatic heterocycles. The van der Waals surface area contributed by atoms with Gasteiger partial charge in [-0.25, -0.2) is 8.42 Å². The van der Waals surface area contributed by atoms with E-state index in [9.17, 15) is 13.2 Å². The molecule has 0 aliphatic rings. The van der Waals surface area contributed by atoms with Crippen molar-refractivity contribution in [3.8, 4) is 5.69 Å². The number of hydrogen-bond donors (Lipinski definition) is 0. The summed E-state index contributed by atoms with van der Waals surface area (Å²) >= 11 is 11.7. The van der Waals surface area contributed by atoms with E-state index in [-0.39, 0.29) is 21.0 Å². The van der Waals surface area contributed by atoms with E-state index in [1.54, 1.807) is 38.1 Å². The van der Waals surface area contributed by atoms with E-state index in [1.165, 1.54) is 34.8 Å². The SMILES string of the molecule is CC(C)N(c1ccccc1)S(=O)(=O)c1ccc(-n2ncc(Cl)c(Cl)c2=O)cc1. The molecule has 6 nitrogen and oxygen atoms in total. The van der Waals surface area contributed by atoms with Crippen molar-refractivity contribution in [2.45, 2.75) is 24.8 Å². The maximum absolute atomic E-state index is 13.2. The van der Waals surface area contributed by atoms with E-state index < -0.39 is 15.6 Å². The molecule has 0 fully saturated rings. The first-order valence-electron chi connectivity index (χ1n) is 8.36. The zero-order valence-corrected chi connectivity index (χ0v) is 17.4. The molecule has 0 bridgehead atoms. The van der Waals surface area contributed by atoms with Crippen LogP contribution in [0.25, 0.3) is 5.69 Å². The van der Waals surface area contributed by atoms with Crippen LogP contribution in [0.15, 0.2) is 70.5 Å². The number of hydrogen-bond acceptors (Lipinski definition) is 4. The highest BCUT2D eigenvalue weighted by atomic mass is 35.5. The first-order chi connectivity index (χ1) is 13.2. The van der Waals surface area contributed by atoms with E-state index in [1.807, 2.05) is 6.07 Å². The van der Waals surface area contributed by atoms with Crippen molar-refractivity contribution in [2.75, 3.05) is 4.31 Å². The number of rotatable bonds is 5. The monoisotopic (exact) mass is 437 g/mol. The third kappa shape index (κ3) is 3.78. The Morgan fingerprint density at radius 2 is 1.61 bits per heavy atom. The minimum absolute atomic E-state index is 0.0533. The van der Waals surface area contributed by atoms with Gasteiger partial charge in [0, 0.05) is 6.04 Å². The van der Waals surface area contributed by atoms with Crippen LogP contribution in [0.1, 0.15) is 13.8 Å². The largest absolute Gasteiger partial charge is 0.291 e. The number of benzene rings is 2. The summed E-state index contributed by atoms with van der Waals surface area (Å²) in [6.07, 6.45) is 1.26. The van der Waals surface area contributed by atoms with Crippen molar-refractivity contribution in [2.24, 2.45) is 0 Å². The van der Waals surface area contributed by atoms with Gasteiger partial charge >= 0.3 is 0 Å². The lowest BCUT2D eigenvalue weighted by Crippen LogP contribution is -2.37. The second-order valence-electron chi connectivity index (χ2n) is 6.25. The topological polar surface area (TPSA) is 72.3 Å². The summed E-state index contributed by atoms with van der Waals surface area (Å²) in [5, 5.41) is 3.84. The quantitative estimate of drug-likeness (QED) is 0.600. The predicted octanol–water partition coefficient (Wildman–Crippen LogP) is 4.14. The lowest BCUT2D eigenvalue weighted by atomic mass is 10.3. The fourth-order valence-electron chi connectivity index (χ4n) is 2.76. The van der Waals surface area contributed by atoms with Gasteiger partial charge in [-0.1, -0.05) is 41.4 Å². The highest BCUT2D eigenvalue weighted by Gasteiger charge is 2.27. The van der Waals surface area contributed by atoms with Gasteiger partial charge in [-0.05, 0) is 50.2 Å². The molecule has 3 aromatic rings. The Morgan fingerprint density at radius 3 is 2.18 bits per heavy atom. The summed E-state index contributed by atoms with van der Waals surface area (Å²) in [7, 11) is -3.80. The number of halogens is 2. The van der Waals surface area contributed by atoms with Crippen molar-refractivity contribution < 1.29 is 8.42 Å². The number of para-hydroxylation sites is 1. The van der Waals surface area contributed by atoms with Crippen LogP contribution in [0.2, 0.25) is 10.0 Å². The first kappa shape index (κ1) is 20.4. The molecule has 0 saturated carbocycles. The lowest BCUT2D eigenvalue weighted by Gasteiger charge is -2.28. The van der Waals surface area contributed by atoms with Crippen molar-refractivity contribution in [1.29, 1.82) is 0 Å². The molecule has 0 spiro atoms. The van der Waals surface area contributed by atoms with E-state index in [4.69, 9.17) is 23.2 Å². The highest BCUT2D eigenvalue weighted by Crippen LogP contribution is 2.26. The van der Waals surface area contributed by atoms with Crippen molar-refractivity contribution in [1.82, 2.24) is 9.78 Å². The number of aromatic nitrogens is 2. The van der Waals surface area contributed by atoms with E-state index in [0.717, 1.165) is 4.68 Å². The molecule has 0 aliphatic carbocycles. The van der Waals surface area contributed by atoms with Gasteiger partial charge in [0.2, 0.25) is 0 Å². The molecule has 0 aliphatic heterocycles. The predicted molar refractivity (Wildman–Crippen MR) is 111 cm³/mol. The van der Waals surface area contributed by atoms with E-state index in [0.29, 0.717) is 11.4 Å². The summed E-state index contributed by atoms with van der Waals surface area (Å²) in [6, 6.07) is 14.4. The molecule has 2 aromatic carbocycles. The average molecular weight is 438 g/mol. The molecule has 0 N–H and O–H groups in total. The van der Waals surface area contributed by atoms with Crippen LogP contribution < -0.4 is 9.86 Å². The van der Waals surface area contributed by atoms with Gasteiger partial charge in [-0.3, -0.25) is 9.10 Å². The van der Waals surface area contributed by atoms with Gasteiger partial charge in [0.15, 0.2) is 0 Å². The van der Waals surface area contributed by atoms with Crippen LogP contribution in [0.5, 0.6) is 0 Å². The third-order valence-electron chi connectivity index (χ3n) is 3.99. The molecule has 9 heteroatoms. The second-order valence-corrected chi connectivity index (χ2v) is 8.85. The van der Waals surface area contributed by atoms with Crippen LogP contribution >= 0.6 is 23.2 Å². The zero-order valence-electron chi connectivity index (χ0n) is 15.1. The molecule has 0 unspecified atom stereocenters. The Morgan fingerprint density at radius 1 is 1.00 bits per heavy atom. The van der Waals surface area contributed by atoms with Crippen molar-refractivity contribution in [3.63, 3.8) is 0 Å². The minimum Gasteiger partial charge on any atom is -0.266 e. The van der Waals surface area contributed by atoms with E-state index >= 15 is 0 Å². The maximum atomic E-state index is 13.2. The summed E-state index contributed by atoms with van der Waals surface area (Å²) in [4.78, 5) is 12.3. The standard InChI is InChI=1S/C19H17Cl2N3O3S/c1-13(2)24(15-6-4-3-5-7-15)28(26,27)16-10-8-14(9-11-16)23-19(25)18(21)17(20)12-22-23/h3-13H,1-2H3. The van der Waals surface area contributed by atoms with Crippen molar-refractivity contribution >= 4 is 38.9 Å². The molecule has 0 radical (unpaired) electrons. The van der Waals surface area contributed by atoms with Crippen LogP contribution in [0.3, 0.4) is 0 Å². The molecule has 146 valence electrons. The molecule has 3 rings (SSSR count). The lowest BCUT2D eigenvalue weighted by molar-refractivity contribution is 0.584. The fraction of sp³-hybridized carbons (Fsp3) is 0.158. The summed E-state index contributed by atoms with van der Waals surface area (Å²) in [5.41, 5.74) is 0.361. The Kier molecular flexibility index (Phi) is 5.79. The normalized spacial score (nSPS) is 11.6. The van der Waals surface area contributed by atoms with Crippen LogP contribution in [-0.2, 0) is 10.0 Å². The Balaban J connectivity index is 2.03. The van der Waals surface area contributed by atoms with Gasteiger partial charge in [0.1, 0.15) is 5.02 Å². The molecule has 1 heterocycles. The molecule has 0 atom stereocenters. The minimum atomic E-state index is -3.80. The third-order valence-corrected chi connectivity index (χ3v) is 6.76.